The number of hydrogen-bond donors (Lipinski definition) is 5. The van der Waals surface area contributed by atoms with E-state index in [4.69, 9.17) is 9.47 Å². The molecule has 2 heterocycles. The highest BCUT2D eigenvalue weighted by Crippen LogP contribution is 2.32. The van der Waals surface area contributed by atoms with E-state index in [0.717, 1.165) is 0 Å². The van der Waals surface area contributed by atoms with Crippen molar-refractivity contribution < 1.29 is 33.4 Å². The Morgan fingerprint density at radius 1 is 0.950 bits per heavy atom. The minimum absolute atomic E-state index is 0.127. The molecule has 2 aliphatic rings. The van der Waals surface area contributed by atoms with Crippen LogP contribution in [-0.2, 0) is 28.7 Å². The number of ketones is 1. The van der Waals surface area contributed by atoms with Crippen molar-refractivity contribution in [2.75, 3.05) is 6.54 Å². The van der Waals surface area contributed by atoms with Crippen molar-refractivity contribution in [3.63, 3.8) is 0 Å². The topological polar surface area (TPSA) is 164 Å². The van der Waals surface area contributed by atoms with Gasteiger partial charge in [-0.1, -0.05) is 53.7 Å². The van der Waals surface area contributed by atoms with E-state index in [9.17, 15) is 24.0 Å². The molecular weight excluding hydrogens is 518 g/mol. The van der Waals surface area contributed by atoms with Crippen molar-refractivity contribution in [2.45, 2.75) is 111 Å². The lowest BCUT2D eigenvalue weighted by atomic mass is 9.93. The van der Waals surface area contributed by atoms with Gasteiger partial charge < -0.3 is 36.1 Å². The zero-order valence-corrected chi connectivity index (χ0v) is 25.1. The van der Waals surface area contributed by atoms with Crippen LogP contribution in [0.2, 0.25) is 0 Å². The first-order chi connectivity index (χ1) is 18.5. The molecule has 0 aromatic rings. The van der Waals surface area contributed by atoms with Crippen molar-refractivity contribution in [3.05, 3.63) is 12.2 Å². The third-order valence-corrected chi connectivity index (χ3v) is 6.91. The Morgan fingerprint density at radius 3 is 2.10 bits per heavy atom. The molecule has 0 spiro atoms. The molecule has 1 fully saturated rings. The molecule has 0 saturated carbocycles. The lowest BCUT2D eigenvalue weighted by Gasteiger charge is -2.32. The van der Waals surface area contributed by atoms with Gasteiger partial charge in [-0.25, -0.2) is 4.79 Å². The number of hydrogen-bond acceptors (Lipinski definition) is 7. The van der Waals surface area contributed by atoms with Crippen LogP contribution >= 0.6 is 0 Å². The summed E-state index contributed by atoms with van der Waals surface area (Å²) in [5.74, 6) is -3.15. The van der Waals surface area contributed by atoms with Crippen LogP contribution in [-0.4, -0.2) is 78.2 Å². The van der Waals surface area contributed by atoms with Gasteiger partial charge in [0.15, 0.2) is 17.7 Å². The number of Topliss-reactive ketones (excluding diaryl/α,β-unsaturated/α-hetero) is 1. The molecule has 5 N–H and O–H groups in total. The number of ether oxygens (including phenoxy) is 2. The van der Waals surface area contributed by atoms with Gasteiger partial charge in [-0.3, -0.25) is 19.2 Å². The number of amides is 5. The second kappa shape index (κ2) is 14.1. The molecule has 0 aromatic carbocycles. The molecule has 5 amide bonds. The lowest BCUT2D eigenvalue weighted by molar-refractivity contribution is -0.157. The first-order valence-electron chi connectivity index (χ1n) is 14.0. The molecule has 226 valence electrons. The minimum atomic E-state index is -1.05. The molecule has 0 aliphatic carbocycles. The average molecular weight is 566 g/mol. The van der Waals surface area contributed by atoms with Crippen LogP contribution in [0.15, 0.2) is 12.2 Å². The highest BCUT2D eigenvalue weighted by Gasteiger charge is 2.50. The van der Waals surface area contributed by atoms with E-state index in [2.05, 4.69) is 26.6 Å². The van der Waals surface area contributed by atoms with E-state index in [-0.39, 0.29) is 29.4 Å². The smallest absolute Gasteiger partial charge is 0.316 e. The van der Waals surface area contributed by atoms with Gasteiger partial charge in [-0.2, -0.15) is 0 Å². The Kier molecular flexibility index (Phi) is 11.7. The van der Waals surface area contributed by atoms with Gasteiger partial charge in [0.2, 0.25) is 11.8 Å². The largest absolute Gasteiger partial charge is 0.353 e. The number of rotatable bonds is 8. The maximum Gasteiger partial charge on any atom is 0.316 e. The maximum atomic E-state index is 13.5. The molecule has 0 unspecified atom stereocenters. The minimum Gasteiger partial charge on any atom is -0.353 e. The first-order valence-corrected chi connectivity index (χ1v) is 14.0. The Morgan fingerprint density at radius 2 is 1.55 bits per heavy atom. The molecule has 6 atom stereocenters. The van der Waals surface area contributed by atoms with Gasteiger partial charge in [0, 0.05) is 6.54 Å². The summed E-state index contributed by atoms with van der Waals surface area (Å²) in [6.07, 6.45) is 2.01. The quantitative estimate of drug-likeness (QED) is 0.276. The number of carbonyl (C=O) groups excluding carboxylic acids is 5. The van der Waals surface area contributed by atoms with Gasteiger partial charge in [0.05, 0.1) is 12.1 Å². The van der Waals surface area contributed by atoms with Crippen LogP contribution in [0.5, 0.6) is 0 Å². The monoisotopic (exact) mass is 565 g/mol. The van der Waals surface area contributed by atoms with E-state index in [0.29, 0.717) is 13.0 Å². The molecule has 2 rings (SSSR count). The summed E-state index contributed by atoms with van der Waals surface area (Å²) in [6.45, 7) is 16.1. The molecule has 40 heavy (non-hydrogen) atoms. The molecule has 0 radical (unpaired) electrons. The van der Waals surface area contributed by atoms with Gasteiger partial charge in [-0.05, 0) is 44.9 Å². The van der Waals surface area contributed by atoms with Gasteiger partial charge in [-0.15, -0.1) is 0 Å². The predicted molar refractivity (Wildman–Crippen MR) is 149 cm³/mol. The van der Waals surface area contributed by atoms with Gasteiger partial charge in [0.1, 0.15) is 18.2 Å². The third kappa shape index (κ3) is 9.02. The fourth-order valence-corrected chi connectivity index (χ4v) is 4.79. The van der Waals surface area contributed by atoms with Crippen molar-refractivity contribution in [3.8, 4) is 0 Å². The van der Waals surface area contributed by atoms with Gasteiger partial charge in [0.25, 0.3) is 5.91 Å². The van der Waals surface area contributed by atoms with E-state index in [1.165, 1.54) is 6.92 Å². The Bertz CT molecular complexity index is 978. The predicted octanol–water partition coefficient (Wildman–Crippen LogP) is 1.15. The summed E-state index contributed by atoms with van der Waals surface area (Å²) < 4.78 is 11.9. The highest BCUT2D eigenvalue weighted by molar-refractivity contribution is 5.94. The van der Waals surface area contributed by atoms with Crippen molar-refractivity contribution in [2.24, 2.45) is 17.8 Å². The van der Waals surface area contributed by atoms with Gasteiger partial charge >= 0.3 is 6.03 Å². The Balaban J connectivity index is 2.25. The van der Waals surface area contributed by atoms with E-state index in [1.54, 1.807) is 39.8 Å². The van der Waals surface area contributed by atoms with Crippen molar-refractivity contribution in [1.82, 2.24) is 26.6 Å². The molecule has 12 nitrogen and oxygen atoms in total. The lowest BCUT2D eigenvalue weighted by Crippen LogP contribution is -2.60. The molecule has 12 heteroatoms. The fraction of sp³-hybridized carbons (Fsp3) is 0.750. The molecular formula is C28H47N5O7. The summed E-state index contributed by atoms with van der Waals surface area (Å²) in [5.41, 5.74) is 0. The molecule has 0 bridgehead atoms. The van der Waals surface area contributed by atoms with E-state index < -0.39 is 60.0 Å². The average Bonchev–Trinajstić information content (AvgIpc) is 3.16. The summed E-state index contributed by atoms with van der Waals surface area (Å²) in [4.78, 5) is 64.3. The third-order valence-electron chi connectivity index (χ3n) is 6.91. The number of fused-ring (bicyclic) bond motifs is 1. The molecule has 0 aromatic heterocycles. The van der Waals surface area contributed by atoms with E-state index >= 15 is 0 Å². The molecule has 1 saturated heterocycles. The second-order valence-corrected chi connectivity index (χ2v) is 12.0. The van der Waals surface area contributed by atoms with Crippen LogP contribution in [0.1, 0.15) is 68.7 Å². The van der Waals surface area contributed by atoms with Crippen LogP contribution in [0.25, 0.3) is 0 Å². The van der Waals surface area contributed by atoms with Crippen LogP contribution in [0, 0.1) is 17.8 Å². The standard InChI is InChI=1S/C28H47N5O7/c1-14(2)19(17(7)34)32-27(38)33-21(16(5)6)25(36)30-18-12-10-11-13-29-26(37)23-22(39-28(8,9)40-23)20(15(3)4)31-24(18)35/h10,12,14-16,18-23H,11,13H2,1-9H3,(H,29,37)(H,30,36)(H,31,35)(H2,32,33,38)/b12-10+/t18-,19-,20-,21-,22+,23-/m0/s1. The van der Waals surface area contributed by atoms with Crippen LogP contribution < -0.4 is 26.6 Å². The number of urea groups is 1. The van der Waals surface area contributed by atoms with E-state index in [1.807, 2.05) is 27.7 Å². The van der Waals surface area contributed by atoms with Crippen molar-refractivity contribution >= 4 is 29.5 Å². The Labute approximate surface area is 237 Å². The summed E-state index contributed by atoms with van der Waals surface area (Å²) >= 11 is 0. The fourth-order valence-electron chi connectivity index (χ4n) is 4.79. The summed E-state index contributed by atoms with van der Waals surface area (Å²) in [5, 5.41) is 13.8. The van der Waals surface area contributed by atoms with Crippen LogP contribution in [0.3, 0.4) is 0 Å². The highest BCUT2D eigenvalue weighted by atomic mass is 16.8. The summed E-state index contributed by atoms with van der Waals surface area (Å²) in [7, 11) is 0. The molecule has 2 aliphatic heterocycles. The maximum absolute atomic E-state index is 13.5. The first kappa shape index (κ1) is 33.2. The Hall–Kier alpha value is -2.99. The number of nitrogens with one attached hydrogen (secondary N) is 5. The normalized spacial score (nSPS) is 27.4. The number of carbonyl (C=O) groups is 5. The zero-order chi connectivity index (χ0) is 30.4. The van der Waals surface area contributed by atoms with Crippen molar-refractivity contribution in [1.29, 1.82) is 0 Å². The van der Waals surface area contributed by atoms with Crippen LogP contribution in [0.4, 0.5) is 4.79 Å². The summed E-state index contributed by atoms with van der Waals surface area (Å²) in [6, 6.07) is -3.96. The zero-order valence-electron chi connectivity index (χ0n) is 25.1. The second-order valence-electron chi connectivity index (χ2n) is 12.0. The SMILES string of the molecule is CC(=O)[C@@H](NC(=O)N[C@H](C(=O)N[C@H]1/C=C/CCNC(=O)[C@H]2OC(C)(C)O[C@@H]2[C@H](C(C)C)NC1=O)C(C)C)C(C)C.